The van der Waals surface area contributed by atoms with Gasteiger partial charge in [-0.3, -0.25) is 9.59 Å². The van der Waals surface area contributed by atoms with Gasteiger partial charge in [0.05, 0.1) is 18.7 Å². The molecule has 7 nitrogen and oxygen atoms in total. The summed E-state index contributed by atoms with van der Waals surface area (Å²) in [4.78, 5) is 26.2. The fourth-order valence-corrected chi connectivity index (χ4v) is 2.46. The fourth-order valence-electron chi connectivity index (χ4n) is 2.46. The average Bonchev–Trinajstić information content (AvgIpc) is 3.04. The number of aromatic nitrogens is 2. The van der Waals surface area contributed by atoms with Crippen LogP contribution in [-0.4, -0.2) is 40.1 Å². The summed E-state index contributed by atoms with van der Waals surface area (Å²) in [5.41, 5.74) is 0.590. The Bertz CT molecular complexity index is 475. The van der Waals surface area contributed by atoms with Crippen molar-refractivity contribution in [2.75, 3.05) is 13.1 Å². The van der Waals surface area contributed by atoms with Crippen molar-refractivity contribution < 1.29 is 14.2 Å². The van der Waals surface area contributed by atoms with Crippen molar-refractivity contribution in [3.05, 3.63) is 11.9 Å². The lowest BCUT2D eigenvalue weighted by Crippen LogP contribution is -2.46. The highest BCUT2D eigenvalue weighted by Gasteiger charge is 2.29. The molecule has 1 fully saturated rings. The Morgan fingerprint density at radius 1 is 1.57 bits per heavy atom. The zero-order valence-electron chi connectivity index (χ0n) is 12.5. The van der Waals surface area contributed by atoms with E-state index in [9.17, 15) is 9.59 Å². The van der Waals surface area contributed by atoms with E-state index in [1.807, 2.05) is 18.7 Å². The molecular weight excluding hydrogens is 272 g/mol. The van der Waals surface area contributed by atoms with Crippen LogP contribution in [0.2, 0.25) is 0 Å². The SMILES string of the molecule is CCC(C)C(=O)N1CCCC(C(=O)NCc2cnon2)C1. The Hall–Kier alpha value is -1.92. The van der Waals surface area contributed by atoms with Crippen molar-refractivity contribution in [3.63, 3.8) is 0 Å². The van der Waals surface area contributed by atoms with Crippen LogP contribution in [0.5, 0.6) is 0 Å². The second kappa shape index (κ2) is 7.19. The first-order valence-corrected chi connectivity index (χ1v) is 7.44. The average molecular weight is 294 g/mol. The van der Waals surface area contributed by atoms with Crippen molar-refractivity contribution in [3.8, 4) is 0 Å². The zero-order chi connectivity index (χ0) is 15.2. The molecule has 21 heavy (non-hydrogen) atoms. The van der Waals surface area contributed by atoms with Crippen LogP contribution in [0.3, 0.4) is 0 Å². The standard InChI is InChI=1S/C14H22N4O3/c1-3-10(2)14(20)18-6-4-5-11(9-18)13(19)15-7-12-8-16-21-17-12/h8,10-11H,3-7,9H2,1-2H3,(H,15,19). The van der Waals surface area contributed by atoms with E-state index in [0.29, 0.717) is 18.8 Å². The molecule has 1 aliphatic heterocycles. The van der Waals surface area contributed by atoms with E-state index in [4.69, 9.17) is 0 Å². The second-order valence-corrected chi connectivity index (χ2v) is 5.55. The van der Waals surface area contributed by atoms with Gasteiger partial charge in [0.25, 0.3) is 0 Å². The van der Waals surface area contributed by atoms with E-state index in [2.05, 4.69) is 20.3 Å². The smallest absolute Gasteiger partial charge is 0.225 e. The van der Waals surface area contributed by atoms with E-state index in [0.717, 1.165) is 25.8 Å². The predicted molar refractivity (Wildman–Crippen MR) is 74.9 cm³/mol. The van der Waals surface area contributed by atoms with E-state index >= 15 is 0 Å². The first-order chi connectivity index (χ1) is 10.1. The van der Waals surface area contributed by atoms with Crippen LogP contribution in [-0.2, 0) is 16.1 Å². The molecule has 2 amide bonds. The fraction of sp³-hybridized carbons (Fsp3) is 0.714. The van der Waals surface area contributed by atoms with Crippen LogP contribution < -0.4 is 5.32 Å². The van der Waals surface area contributed by atoms with Crippen LogP contribution in [0.25, 0.3) is 0 Å². The predicted octanol–water partition coefficient (Wildman–Crippen LogP) is 0.970. The Morgan fingerprint density at radius 2 is 2.38 bits per heavy atom. The quantitative estimate of drug-likeness (QED) is 0.874. The molecule has 1 N–H and O–H groups in total. The highest BCUT2D eigenvalue weighted by Crippen LogP contribution is 2.19. The summed E-state index contributed by atoms with van der Waals surface area (Å²) in [5, 5.41) is 9.95. The summed E-state index contributed by atoms with van der Waals surface area (Å²) in [6, 6.07) is 0. The molecule has 0 saturated carbocycles. The molecule has 0 aliphatic carbocycles. The topological polar surface area (TPSA) is 88.3 Å². The molecule has 0 radical (unpaired) electrons. The third-order valence-corrected chi connectivity index (χ3v) is 3.99. The van der Waals surface area contributed by atoms with Gasteiger partial charge in [-0.25, -0.2) is 4.63 Å². The van der Waals surface area contributed by atoms with Crippen molar-refractivity contribution in [2.45, 2.75) is 39.7 Å². The number of nitrogens with one attached hydrogen (secondary N) is 1. The molecule has 2 unspecified atom stereocenters. The summed E-state index contributed by atoms with van der Waals surface area (Å²) in [6.07, 6.45) is 3.98. The first kappa shape index (κ1) is 15.5. The third-order valence-electron chi connectivity index (χ3n) is 3.99. The van der Waals surface area contributed by atoms with Crippen molar-refractivity contribution in [1.29, 1.82) is 0 Å². The number of hydrogen-bond acceptors (Lipinski definition) is 5. The minimum absolute atomic E-state index is 0.0213. The summed E-state index contributed by atoms with van der Waals surface area (Å²) >= 11 is 0. The number of carbonyl (C=O) groups is 2. The number of nitrogens with zero attached hydrogens (tertiary/aromatic N) is 3. The van der Waals surface area contributed by atoms with Crippen molar-refractivity contribution in [1.82, 2.24) is 20.5 Å². The van der Waals surface area contributed by atoms with Gasteiger partial charge >= 0.3 is 0 Å². The Labute approximate surface area is 124 Å². The van der Waals surface area contributed by atoms with Crippen LogP contribution in [0.4, 0.5) is 0 Å². The number of carbonyl (C=O) groups excluding carboxylic acids is 2. The monoisotopic (exact) mass is 294 g/mol. The zero-order valence-corrected chi connectivity index (χ0v) is 12.5. The minimum atomic E-state index is -0.147. The van der Waals surface area contributed by atoms with Gasteiger partial charge in [-0.05, 0) is 19.3 Å². The van der Waals surface area contributed by atoms with E-state index in [-0.39, 0.29) is 23.7 Å². The number of piperidine rings is 1. The number of rotatable bonds is 5. The Kier molecular flexibility index (Phi) is 5.30. The molecule has 2 atom stereocenters. The van der Waals surface area contributed by atoms with Crippen LogP contribution >= 0.6 is 0 Å². The van der Waals surface area contributed by atoms with E-state index in [1.165, 1.54) is 6.20 Å². The van der Waals surface area contributed by atoms with Gasteiger partial charge in [0, 0.05) is 19.0 Å². The van der Waals surface area contributed by atoms with Gasteiger partial charge in [0.15, 0.2) is 0 Å². The molecular formula is C14H22N4O3. The molecule has 0 aromatic carbocycles. The van der Waals surface area contributed by atoms with Gasteiger partial charge in [-0.2, -0.15) is 0 Å². The Morgan fingerprint density at radius 3 is 3.05 bits per heavy atom. The maximum Gasteiger partial charge on any atom is 0.225 e. The molecule has 0 spiro atoms. The van der Waals surface area contributed by atoms with Crippen LogP contribution in [0, 0.1) is 11.8 Å². The summed E-state index contributed by atoms with van der Waals surface area (Å²) in [5.74, 6) is -0.0185. The molecule has 1 aromatic rings. The van der Waals surface area contributed by atoms with Crippen molar-refractivity contribution in [2.24, 2.45) is 11.8 Å². The lowest BCUT2D eigenvalue weighted by Gasteiger charge is -2.33. The Balaban J connectivity index is 1.85. The highest BCUT2D eigenvalue weighted by atomic mass is 16.6. The van der Waals surface area contributed by atoms with Crippen molar-refractivity contribution >= 4 is 11.8 Å². The molecule has 1 saturated heterocycles. The molecule has 7 heteroatoms. The first-order valence-electron chi connectivity index (χ1n) is 7.44. The largest absolute Gasteiger partial charge is 0.350 e. The summed E-state index contributed by atoms with van der Waals surface area (Å²) in [6.45, 7) is 5.50. The number of amides is 2. The van der Waals surface area contributed by atoms with Crippen LogP contribution in [0.15, 0.2) is 10.8 Å². The second-order valence-electron chi connectivity index (χ2n) is 5.55. The molecule has 1 aromatic heterocycles. The molecule has 2 rings (SSSR count). The van der Waals surface area contributed by atoms with Gasteiger partial charge in [0.1, 0.15) is 5.69 Å². The van der Waals surface area contributed by atoms with Gasteiger partial charge in [0.2, 0.25) is 11.8 Å². The lowest BCUT2D eigenvalue weighted by atomic mass is 9.95. The van der Waals surface area contributed by atoms with Gasteiger partial charge < -0.3 is 10.2 Å². The van der Waals surface area contributed by atoms with Crippen LogP contribution in [0.1, 0.15) is 38.8 Å². The highest BCUT2D eigenvalue weighted by molar-refractivity contribution is 5.82. The molecule has 0 bridgehead atoms. The molecule has 2 heterocycles. The molecule has 1 aliphatic rings. The molecule has 116 valence electrons. The van der Waals surface area contributed by atoms with Gasteiger partial charge in [-0.1, -0.05) is 24.2 Å². The maximum absolute atomic E-state index is 12.2. The maximum atomic E-state index is 12.2. The normalized spacial score (nSPS) is 20.1. The summed E-state index contributed by atoms with van der Waals surface area (Å²) in [7, 11) is 0. The third kappa shape index (κ3) is 4.03. The number of likely N-dealkylation sites (tertiary alicyclic amines) is 1. The van der Waals surface area contributed by atoms with Gasteiger partial charge in [-0.15, -0.1) is 0 Å². The number of hydrogen-bond donors (Lipinski definition) is 1. The summed E-state index contributed by atoms with van der Waals surface area (Å²) < 4.78 is 4.48. The minimum Gasteiger partial charge on any atom is -0.350 e. The van der Waals surface area contributed by atoms with E-state index in [1.54, 1.807) is 0 Å². The van der Waals surface area contributed by atoms with E-state index < -0.39 is 0 Å². The lowest BCUT2D eigenvalue weighted by molar-refractivity contribution is -0.139.